The van der Waals surface area contributed by atoms with E-state index in [1.54, 1.807) is 0 Å². The summed E-state index contributed by atoms with van der Waals surface area (Å²) in [4.78, 5) is 30.8. The summed E-state index contributed by atoms with van der Waals surface area (Å²) in [6.45, 7) is 3.02. The van der Waals surface area contributed by atoms with E-state index in [-0.39, 0.29) is 17.2 Å². The SMILES string of the molecule is O=C(C1COc2ccc(Cl)cc2C1)N1CCN(C(=O)C23CC4CC(CC(C4)C2)C3)CC1. The van der Waals surface area contributed by atoms with Gasteiger partial charge in [-0.25, -0.2) is 0 Å². The van der Waals surface area contributed by atoms with Gasteiger partial charge in [0.05, 0.1) is 11.3 Å². The summed E-state index contributed by atoms with van der Waals surface area (Å²) in [6.07, 6.45) is 8.06. The predicted molar refractivity (Wildman–Crippen MR) is 118 cm³/mol. The molecule has 166 valence electrons. The second-order valence-electron chi connectivity index (χ2n) is 10.8. The third kappa shape index (κ3) is 3.44. The lowest BCUT2D eigenvalue weighted by atomic mass is 9.49. The van der Waals surface area contributed by atoms with Crippen LogP contribution in [0.2, 0.25) is 5.02 Å². The van der Waals surface area contributed by atoms with E-state index in [0.717, 1.165) is 48.3 Å². The van der Waals surface area contributed by atoms with Gasteiger partial charge in [-0.05, 0) is 86.5 Å². The van der Waals surface area contributed by atoms with Crippen LogP contribution < -0.4 is 4.74 Å². The summed E-state index contributed by atoms with van der Waals surface area (Å²) < 4.78 is 5.83. The smallest absolute Gasteiger partial charge is 0.229 e. The van der Waals surface area contributed by atoms with Gasteiger partial charge in [-0.2, -0.15) is 0 Å². The highest BCUT2D eigenvalue weighted by molar-refractivity contribution is 6.30. The van der Waals surface area contributed by atoms with Gasteiger partial charge in [-0.3, -0.25) is 9.59 Å². The van der Waals surface area contributed by atoms with Gasteiger partial charge >= 0.3 is 0 Å². The number of piperazine rings is 1. The van der Waals surface area contributed by atoms with Crippen molar-refractivity contribution in [3.8, 4) is 5.75 Å². The van der Waals surface area contributed by atoms with Gasteiger partial charge in [0.1, 0.15) is 12.4 Å². The molecule has 1 saturated heterocycles. The zero-order valence-corrected chi connectivity index (χ0v) is 18.8. The molecule has 2 heterocycles. The molecule has 1 aromatic rings. The molecule has 1 aromatic carbocycles. The first kappa shape index (κ1) is 19.9. The molecule has 5 fully saturated rings. The Bertz CT molecular complexity index is 873. The standard InChI is InChI=1S/C25H31ClN2O3/c26-21-1-2-22-19(11-21)10-20(15-31-22)23(29)27-3-5-28(6-4-27)24(30)25-12-16-7-17(13-25)9-18(8-16)14-25/h1-2,11,16-18,20H,3-10,12-15H2. The molecule has 2 amide bonds. The number of ether oxygens (including phenoxy) is 1. The summed E-state index contributed by atoms with van der Waals surface area (Å²) >= 11 is 6.12. The fourth-order valence-electron chi connectivity index (χ4n) is 7.62. The van der Waals surface area contributed by atoms with Gasteiger partial charge in [0.2, 0.25) is 11.8 Å². The number of benzene rings is 1. The van der Waals surface area contributed by atoms with Gasteiger partial charge in [-0.1, -0.05) is 11.6 Å². The fourth-order valence-corrected chi connectivity index (χ4v) is 7.81. The summed E-state index contributed by atoms with van der Waals surface area (Å²) in [6, 6.07) is 5.61. The van der Waals surface area contributed by atoms with E-state index in [1.165, 1.54) is 19.3 Å². The number of amides is 2. The van der Waals surface area contributed by atoms with Gasteiger partial charge in [0, 0.05) is 31.2 Å². The van der Waals surface area contributed by atoms with Crippen molar-refractivity contribution in [2.75, 3.05) is 32.8 Å². The van der Waals surface area contributed by atoms with E-state index in [4.69, 9.17) is 16.3 Å². The second kappa shape index (κ2) is 7.40. The van der Waals surface area contributed by atoms with Crippen LogP contribution in [0.1, 0.15) is 44.1 Å². The second-order valence-corrected chi connectivity index (χ2v) is 11.2. The van der Waals surface area contributed by atoms with E-state index in [9.17, 15) is 9.59 Å². The Labute approximate surface area is 189 Å². The molecule has 5 nitrogen and oxygen atoms in total. The molecule has 2 aliphatic heterocycles. The van der Waals surface area contributed by atoms with Crippen LogP contribution >= 0.6 is 11.6 Å². The molecule has 6 aliphatic rings. The lowest BCUT2D eigenvalue weighted by Crippen LogP contribution is -2.59. The number of carbonyl (C=O) groups excluding carboxylic acids is 2. The molecule has 0 radical (unpaired) electrons. The number of carbonyl (C=O) groups is 2. The molecule has 1 unspecified atom stereocenters. The van der Waals surface area contributed by atoms with E-state index in [2.05, 4.69) is 4.90 Å². The van der Waals surface area contributed by atoms with Crippen LogP contribution in [0.25, 0.3) is 0 Å². The Balaban J connectivity index is 1.08. The van der Waals surface area contributed by atoms with Crippen molar-refractivity contribution >= 4 is 23.4 Å². The molecule has 0 N–H and O–H groups in total. The number of fused-ring (bicyclic) bond motifs is 1. The summed E-state index contributed by atoms with van der Waals surface area (Å²) in [5, 5.41) is 0.673. The highest BCUT2D eigenvalue weighted by atomic mass is 35.5. The number of halogens is 1. The monoisotopic (exact) mass is 442 g/mol. The molecule has 31 heavy (non-hydrogen) atoms. The van der Waals surface area contributed by atoms with Crippen LogP contribution in [-0.2, 0) is 16.0 Å². The van der Waals surface area contributed by atoms with Crippen molar-refractivity contribution in [2.24, 2.45) is 29.1 Å². The lowest BCUT2D eigenvalue weighted by Gasteiger charge is -2.57. The Morgan fingerprint density at radius 1 is 0.935 bits per heavy atom. The van der Waals surface area contributed by atoms with Crippen molar-refractivity contribution in [1.82, 2.24) is 9.80 Å². The quantitative estimate of drug-likeness (QED) is 0.700. The van der Waals surface area contributed by atoms with Gasteiger partial charge < -0.3 is 14.5 Å². The van der Waals surface area contributed by atoms with Crippen LogP contribution in [0, 0.1) is 29.1 Å². The van der Waals surface area contributed by atoms with Crippen LogP contribution in [0.4, 0.5) is 0 Å². The molecule has 1 atom stereocenters. The van der Waals surface area contributed by atoms with Crippen LogP contribution in [-0.4, -0.2) is 54.4 Å². The lowest BCUT2D eigenvalue weighted by molar-refractivity contribution is -0.161. The molecular weight excluding hydrogens is 412 g/mol. The van der Waals surface area contributed by atoms with Crippen LogP contribution in [0.3, 0.4) is 0 Å². The Kier molecular flexibility index (Phi) is 4.75. The first-order valence-electron chi connectivity index (χ1n) is 12.0. The number of nitrogens with zero attached hydrogens (tertiary/aromatic N) is 2. The van der Waals surface area contributed by atoms with Crippen molar-refractivity contribution in [2.45, 2.75) is 44.9 Å². The summed E-state index contributed by atoms with van der Waals surface area (Å²) in [5.74, 6) is 3.54. The molecule has 4 bridgehead atoms. The van der Waals surface area contributed by atoms with Crippen molar-refractivity contribution < 1.29 is 14.3 Å². The molecule has 6 heteroatoms. The molecule has 4 saturated carbocycles. The van der Waals surface area contributed by atoms with Crippen molar-refractivity contribution in [3.05, 3.63) is 28.8 Å². The number of hydrogen-bond donors (Lipinski definition) is 0. The van der Waals surface area contributed by atoms with E-state index < -0.39 is 0 Å². The molecular formula is C25H31ClN2O3. The summed E-state index contributed by atoms with van der Waals surface area (Å²) in [7, 11) is 0. The third-order valence-corrected chi connectivity index (χ3v) is 8.88. The maximum atomic E-state index is 13.6. The maximum Gasteiger partial charge on any atom is 0.229 e. The Morgan fingerprint density at radius 2 is 1.55 bits per heavy atom. The highest BCUT2D eigenvalue weighted by Gasteiger charge is 2.55. The van der Waals surface area contributed by atoms with Crippen LogP contribution in [0.5, 0.6) is 5.75 Å². The first-order valence-corrected chi connectivity index (χ1v) is 12.4. The average Bonchev–Trinajstić information content (AvgIpc) is 2.77. The topological polar surface area (TPSA) is 49.9 Å². The van der Waals surface area contributed by atoms with Crippen molar-refractivity contribution in [3.63, 3.8) is 0 Å². The zero-order valence-electron chi connectivity index (χ0n) is 18.0. The fraction of sp³-hybridized carbons (Fsp3) is 0.680. The maximum absolute atomic E-state index is 13.6. The molecule has 0 spiro atoms. The zero-order chi connectivity index (χ0) is 21.2. The van der Waals surface area contributed by atoms with Gasteiger partial charge in [0.25, 0.3) is 0 Å². The predicted octanol–water partition coefficient (Wildman–Crippen LogP) is 3.78. The van der Waals surface area contributed by atoms with Crippen molar-refractivity contribution in [1.29, 1.82) is 0 Å². The Morgan fingerprint density at radius 3 is 2.19 bits per heavy atom. The normalized spacial score (nSPS) is 36.2. The minimum atomic E-state index is -0.170. The number of hydrogen-bond acceptors (Lipinski definition) is 3. The molecule has 4 aliphatic carbocycles. The third-order valence-electron chi connectivity index (χ3n) is 8.65. The largest absolute Gasteiger partial charge is 0.492 e. The average molecular weight is 443 g/mol. The van der Waals surface area contributed by atoms with E-state index in [0.29, 0.717) is 50.1 Å². The highest BCUT2D eigenvalue weighted by Crippen LogP contribution is 2.60. The molecule has 7 rings (SSSR count). The van der Waals surface area contributed by atoms with E-state index in [1.807, 2.05) is 23.1 Å². The first-order chi connectivity index (χ1) is 15.0. The van der Waals surface area contributed by atoms with E-state index >= 15 is 0 Å². The minimum Gasteiger partial charge on any atom is -0.492 e. The molecule has 0 aromatic heterocycles. The number of rotatable bonds is 2. The minimum absolute atomic E-state index is 0.0822. The van der Waals surface area contributed by atoms with Gasteiger partial charge in [0.15, 0.2) is 0 Å². The van der Waals surface area contributed by atoms with Gasteiger partial charge in [-0.15, -0.1) is 0 Å². The Hall–Kier alpha value is -1.75. The summed E-state index contributed by atoms with van der Waals surface area (Å²) in [5.41, 5.74) is 0.925. The van der Waals surface area contributed by atoms with Crippen LogP contribution in [0.15, 0.2) is 18.2 Å².